The summed E-state index contributed by atoms with van der Waals surface area (Å²) in [4.78, 5) is 8.32. The van der Waals surface area contributed by atoms with Crippen LogP contribution in [0.5, 0.6) is 0 Å². The van der Waals surface area contributed by atoms with Crippen molar-refractivity contribution in [3.63, 3.8) is 0 Å². The second-order valence-corrected chi connectivity index (χ2v) is 6.83. The number of fused-ring (bicyclic) bond motifs is 1. The van der Waals surface area contributed by atoms with E-state index in [0.29, 0.717) is 27.4 Å². The van der Waals surface area contributed by atoms with Crippen LogP contribution in [0.25, 0.3) is 11.0 Å². The number of halogens is 1. The molecular weight excluding hydrogens is 388 g/mol. The van der Waals surface area contributed by atoms with Crippen LogP contribution in [0.15, 0.2) is 36.8 Å². The standard InChI is InChI=1S/C17H19ClN6O4/c1-19-23-15-10-6-22-24(16(10)21-7-20-15)17-13(27)12(26)14(28-17)11(25)8-2-4-9(18)5-3-8/h2-7,11-14,17,19,25-27H,1H3,(H,20,21,23)/t11-,12+,13-,14-,17-/m1/s1. The molecule has 5 N–H and O–H groups in total. The Kier molecular flexibility index (Phi) is 5.15. The summed E-state index contributed by atoms with van der Waals surface area (Å²) in [5.41, 5.74) is 6.56. The third kappa shape index (κ3) is 3.20. The van der Waals surface area contributed by atoms with Crippen LogP contribution in [0, 0.1) is 0 Å². The van der Waals surface area contributed by atoms with Gasteiger partial charge in [-0.1, -0.05) is 23.7 Å². The number of benzene rings is 1. The second kappa shape index (κ2) is 7.59. The van der Waals surface area contributed by atoms with E-state index in [9.17, 15) is 15.3 Å². The zero-order chi connectivity index (χ0) is 19.8. The number of nitrogens with zero attached hydrogens (tertiary/aromatic N) is 4. The van der Waals surface area contributed by atoms with Crippen LogP contribution in [-0.4, -0.2) is 60.4 Å². The van der Waals surface area contributed by atoms with Gasteiger partial charge >= 0.3 is 0 Å². The summed E-state index contributed by atoms with van der Waals surface area (Å²) in [7, 11) is 1.70. The predicted octanol–water partition coefficient (Wildman–Crippen LogP) is 0.379. The summed E-state index contributed by atoms with van der Waals surface area (Å²) in [5, 5.41) is 37.0. The Morgan fingerprint density at radius 3 is 2.64 bits per heavy atom. The number of aliphatic hydroxyl groups excluding tert-OH is 3. The molecule has 3 heterocycles. The first-order valence-electron chi connectivity index (χ1n) is 8.57. The van der Waals surface area contributed by atoms with Crippen molar-refractivity contribution < 1.29 is 20.1 Å². The molecule has 0 amide bonds. The van der Waals surface area contributed by atoms with Gasteiger partial charge in [-0.3, -0.25) is 0 Å². The van der Waals surface area contributed by atoms with Crippen LogP contribution in [0.4, 0.5) is 5.82 Å². The minimum absolute atomic E-state index is 0.408. The summed E-state index contributed by atoms with van der Waals surface area (Å²) in [5.74, 6) is 0.504. The van der Waals surface area contributed by atoms with E-state index in [-0.39, 0.29) is 0 Å². The summed E-state index contributed by atoms with van der Waals surface area (Å²) in [6, 6.07) is 6.52. The lowest BCUT2D eigenvalue weighted by Gasteiger charge is -2.21. The SMILES string of the molecule is CNNc1ncnc2c1cnn2[C@@H]1O[C@H]([C@H](O)c2ccc(Cl)cc2)[C@@H](O)[C@H]1O. The van der Waals surface area contributed by atoms with Gasteiger partial charge in [0.1, 0.15) is 30.7 Å². The van der Waals surface area contributed by atoms with Crippen molar-refractivity contribution in [2.75, 3.05) is 12.5 Å². The molecule has 2 aromatic heterocycles. The lowest BCUT2D eigenvalue weighted by molar-refractivity contribution is -0.0884. The maximum absolute atomic E-state index is 10.6. The Hall–Kier alpha value is -2.34. The molecule has 1 aromatic carbocycles. The number of nitrogens with one attached hydrogen (secondary N) is 2. The van der Waals surface area contributed by atoms with E-state index < -0.39 is 30.6 Å². The van der Waals surface area contributed by atoms with Gasteiger partial charge in [-0.2, -0.15) is 5.10 Å². The lowest BCUT2D eigenvalue weighted by Crippen LogP contribution is -2.35. The van der Waals surface area contributed by atoms with Crippen molar-refractivity contribution in [2.45, 2.75) is 30.6 Å². The lowest BCUT2D eigenvalue weighted by atomic mass is 9.99. The Morgan fingerprint density at radius 2 is 1.93 bits per heavy atom. The molecule has 0 unspecified atom stereocenters. The molecule has 3 aromatic rings. The summed E-state index contributed by atoms with van der Waals surface area (Å²) < 4.78 is 7.17. The molecule has 5 atom stereocenters. The topological polar surface area (TPSA) is 138 Å². The molecule has 0 saturated carbocycles. The third-order valence-corrected chi connectivity index (χ3v) is 4.93. The number of hydrogen-bond acceptors (Lipinski definition) is 9. The maximum Gasteiger partial charge on any atom is 0.181 e. The first-order valence-corrected chi connectivity index (χ1v) is 8.95. The van der Waals surface area contributed by atoms with E-state index in [1.54, 1.807) is 31.3 Å². The molecule has 0 aliphatic carbocycles. The number of anilines is 1. The van der Waals surface area contributed by atoms with Crippen molar-refractivity contribution in [1.82, 2.24) is 25.2 Å². The fourth-order valence-corrected chi connectivity index (χ4v) is 3.39. The van der Waals surface area contributed by atoms with E-state index >= 15 is 0 Å². The number of aliphatic hydroxyl groups is 3. The largest absolute Gasteiger partial charge is 0.387 e. The highest BCUT2D eigenvalue weighted by Gasteiger charge is 2.48. The molecule has 0 spiro atoms. The van der Waals surface area contributed by atoms with Crippen LogP contribution in [-0.2, 0) is 4.74 Å². The van der Waals surface area contributed by atoms with Crippen molar-refractivity contribution >= 4 is 28.5 Å². The highest BCUT2D eigenvalue weighted by molar-refractivity contribution is 6.30. The number of aromatic nitrogens is 4. The van der Waals surface area contributed by atoms with Gasteiger partial charge in [-0.25, -0.2) is 20.1 Å². The molecule has 4 rings (SSSR count). The van der Waals surface area contributed by atoms with Gasteiger partial charge in [0, 0.05) is 12.1 Å². The Labute approximate surface area is 164 Å². The summed E-state index contributed by atoms with van der Waals surface area (Å²) in [6.45, 7) is 0. The third-order valence-electron chi connectivity index (χ3n) is 4.67. The number of ether oxygens (including phenoxy) is 1. The Balaban J connectivity index is 1.64. The summed E-state index contributed by atoms with van der Waals surface area (Å²) >= 11 is 5.87. The van der Waals surface area contributed by atoms with E-state index in [1.807, 2.05) is 0 Å². The molecule has 148 valence electrons. The van der Waals surface area contributed by atoms with Gasteiger partial charge in [0.2, 0.25) is 0 Å². The quantitative estimate of drug-likeness (QED) is 0.380. The first-order chi connectivity index (χ1) is 13.5. The number of hydrazine groups is 1. The molecular formula is C17H19ClN6O4. The maximum atomic E-state index is 10.6. The van der Waals surface area contributed by atoms with Crippen molar-refractivity contribution in [3.8, 4) is 0 Å². The first kappa shape index (κ1) is 19.0. The van der Waals surface area contributed by atoms with E-state index in [4.69, 9.17) is 16.3 Å². The van der Waals surface area contributed by atoms with Gasteiger partial charge in [0.25, 0.3) is 0 Å². The van der Waals surface area contributed by atoms with Crippen LogP contribution >= 0.6 is 11.6 Å². The molecule has 1 fully saturated rings. The molecule has 11 heteroatoms. The van der Waals surface area contributed by atoms with E-state index in [0.717, 1.165) is 0 Å². The Bertz CT molecular complexity index is 968. The molecule has 28 heavy (non-hydrogen) atoms. The smallest absolute Gasteiger partial charge is 0.181 e. The number of rotatable bonds is 5. The van der Waals surface area contributed by atoms with Crippen molar-refractivity contribution in [1.29, 1.82) is 0 Å². The zero-order valence-corrected chi connectivity index (χ0v) is 15.5. The highest BCUT2D eigenvalue weighted by Crippen LogP contribution is 2.37. The van der Waals surface area contributed by atoms with Crippen molar-refractivity contribution in [2.24, 2.45) is 0 Å². The molecule has 0 bridgehead atoms. The van der Waals surface area contributed by atoms with Crippen LogP contribution in [0.2, 0.25) is 5.02 Å². The average molecular weight is 407 g/mol. The van der Waals surface area contributed by atoms with E-state index in [2.05, 4.69) is 25.9 Å². The van der Waals surface area contributed by atoms with Crippen LogP contribution < -0.4 is 10.9 Å². The fraction of sp³-hybridized carbons (Fsp3) is 0.353. The van der Waals surface area contributed by atoms with Crippen LogP contribution in [0.1, 0.15) is 17.9 Å². The van der Waals surface area contributed by atoms with E-state index in [1.165, 1.54) is 17.2 Å². The van der Waals surface area contributed by atoms with Gasteiger partial charge < -0.3 is 25.5 Å². The minimum atomic E-state index is -1.33. The molecule has 1 aliphatic heterocycles. The highest BCUT2D eigenvalue weighted by atomic mass is 35.5. The fourth-order valence-electron chi connectivity index (χ4n) is 3.26. The van der Waals surface area contributed by atoms with Gasteiger partial charge in [0.05, 0.1) is 11.6 Å². The molecule has 10 nitrogen and oxygen atoms in total. The zero-order valence-electron chi connectivity index (χ0n) is 14.8. The predicted molar refractivity (Wildman–Crippen MR) is 100 cm³/mol. The second-order valence-electron chi connectivity index (χ2n) is 6.39. The average Bonchev–Trinajstić information content (AvgIpc) is 3.25. The number of hydrogen-bond donors (Lipinski definition) is 5. The molecule has 0 radical (unpaired) electrons. The Morgan fingerprint density at radius 1 is 1.18 bits per heavy atom. The van der Waals surface area contributed by atoms with Crippen molar-refractivity contribution in [3.05, 3.63) is 47.4 Å². The monoisotopic (exact) mass is 406 g/mol. The molecule has 1 aliphatic rings. The van der Waals surface area contributed by atoms with Gasteiger partial charge in [-0.05, 0) is 17.7 Å². The minimum Gasteiger partial charge on any atom is -0.387 e. The summed E-state index contributed by atoms with van der Waals surface area (Å²) in [6.07, 6.45) is -3.02. The normalized spacial score (nSPS) is 25.9. The molecule has 1 saturated heterocycles. The van der Waals surface area contributed by atoms with Gasteiger partial charge in [-0.15, -0.1) is 0 Å². The van der Waals surface area contributed by atoms with Crippen LogP contribution in [0.3, 0.4) is 0 Å². The van der Waals surface area contributed by atoms with Gasteiger partial charge in [0.15, 0.2) is 17.7 Å².